The van der Waals surface area contributed by atoms with Gasteiger partial charge in [-0.1, -0.05) is 29.8 Å². The van der Waals surface area contributed by atoms with Crippen LogP contribution in [0.25, 0.3) is 5.69 Å². The number of nitrogens with two attached hydrogens (primary N) is 2. The fraction of sp³-hybridized carbons (Fsp3) is 0.231. The Morgan fingerprint density at radius 3 is 2.63 bits per heavy atom. The van der Waals surface area contributed by atoms with Gasteiger partial charge in [-0.3, -0.25) is 4.79 Å². The third-order valence-electron chi connectivity index (χ3n) is 2.84. The van der Waals surface area contributed by atoms with Gasteiger partial charge in [0.05, 0.1) is 11.4 Å². The molecule has 1 unspecified atom stereocenters. The average Bonchev–Trinajstić information content (AvgIpc) is 2.65. The molecule has 0 aliphatic heterocycles. The molecular weight excluding hydrogens is 264 g/mol. The van der Waals surface area contributed by atoms with Crippen LogP contribution in [0.3, 0.4) is 0 Å². The first-order valence-electron chi connectivity index (χ1n) is 5.85. The van der Waals surface area contributed by atoms with Crippen LogP contribution in [-0.2, 0) is 4.79 Å². The van der Waals surface area contributed by atoms with Crippen molar-refractivity contribution in [3.8, 4) is 5.69 Å². The maximum Gasteiger partial charge on any atom is 0.219 e. The van der Waals surface area contributed by atoms with Gasteiger partial charge >= 0.3 is 0 Å². The van der Waals surface area contributed by atoms with E-state index >= 15 is 0 Å². The zero-order valence-corrected chi connectivity index (χ0v) is 11.3. The standard InChI is InChI=1S/C13H15ClN4O/c1-8-12(10(15)7-11(16)19)13(14)18(17-8)9-5-3-2-4-6-9/h2-6,10H,7,15H2,1H3,(H2,16,19). The Morgan fingerprint density at radius 1 is 1.42 bits per heavy atom. The molecule has 0 aliphatic rings. The first-order chi connectivity index (χ1) is 9.00. The smallest absolute Gasteiger partial charge is 0.219 e. The van der Waals surface area contributed by atoms with Crippen molar-refractivity contribution in [3.05, 3.63) is 46.7 Å². The number of rotatable bonds is 4. The van der Waals surface area contributed by atoms with Crippen molar-refractivity contribution < 1.29 is 4.79 Å². The number of hydrogen-bond donors (Lipinski definition) is 2. The minimum absolute atomic E-state index is 0.0427. The van der Waals surface area contributed by atoms with Crippen molar-refractivity contribution in [1.29, 1.82) is 0 Å². The SMILES string of the molecule is Cc1nn(-c2ccccc2)c(Cl)c1C(N)CC(N)=O. The number of carbonyl (C=O) groups is 1. The fourth-order valence-electron chi connectivity index (χ4n) is 1.99. The van der Waals surface area contributed by atoms with Gasteiger partial charge in [-0.25, -0.2) is 4.68 Å². The molecular formula is C13H15ClN4O. The van der Waals surface area contributed by atoms with Gasteiger partial charge in [0.2, 0.25) is 5.91 Å². The average molecular weight is 279 g/mol. The van der Waals surface area contributed by atoms with Gasteiger partial charge < -0.3 is 11.5 Å². The highest BCUT2D eigenvalue weighted by Crippen LogP contribution is 2.29. The van der Waals surface area contributed by atoms with Gasteiger partial charge in [0.1, 0.15) is 5.15 Å². The third-order valence-corrected chi connectivity index (χ3v) is 3.20. The van der Waals surface area contributed by atoms with Crippen LogP contribution in [0.1, 0.15) is 23.7 Å². The Hall–Kier alpha value is -1.85. The number of nitrogens with zero attached hydrogens (tertiary/aromatic N) is 2. The van der Waals surface area contributed by atoms with Crippen LogP contribution in [0.4, 0.5) is 0 Å². The van der Waals surface area contributed by atoms with Gasteiger partial charge in [-0.2, -0.15) is 5.10 Å². The molecule has 100 valence electrons. The summed E-state index contributed by atoms with van der Waals surface area (Å²) < 4.78 is 1.60. The van der Waals surface area contributed by atoms with Crippen molar-refractivity contribution in [1.82, 2.24) is 9.78 Å². The predicted octanol–water partition coefficient (Wildman–Crippen LogP) is 1.71. The second-order valence-electron chi connectivity index (χ2n) is 4.31. The van der Waals surface area contributed by atoms with Crippen LogP contribution in [0.5, 0.6) is 0 Å². The second-order valence-corrected chi connectivity index (χ2v) is 4.67. The van der Waals surface area contributed by atoms with Crippen molar-refractivity contribution in [3.63, 3.8) is 0 Å². The highest BCUT2D eigenvalue weighted by molar-refractivity contribution is 6.30. The van der Waals surface area contributed by atoms with Crippen LogP contribution in [0.2, 0.25) is 5.15 Å². The van der Waals surface area contributed by atoms with E-state index in [0.717, 1.165) is 5.69 Å². The summed E-state index contributed by atoms with van der Waals surface area (Å²) >= 11 is 6.31. The molecule has 0 fully saturated rings. The molecule has 1 amide bonds. The van der Waals surface area contributed by atoms with Crippen molar-refractivity contribution >= 4 is 17.5 Å². The number of benzene rings is 1. The second kappa shape index (κ2) is 5.42. The van der Waals surface area contributed by atoms with Gasteiger partial charge in [0, 0.05) is 18.0 Å². The molecule has 0 saturated heterocycles. The summed E-state index contributed by atoms with van der Waals surface area (Å²) in [5.41, 5.74) is 13.3. The highest BCUT2D eigenvalue weighted by Gasteiger charge is 2.21. The summed E-state index contributed by atoms with van der Waals surface area (Å²) in [6.45, 7) is 1.81. The van der Waals surface area contributed by atoms with Crippen LogP contribution in [0.15, 0.2) is 30.3 Å². The Balaban J connectivity index is 2.43. The molecule has 0 saturated carbocycles. The summed E-state index contributed by atoms with van der Waals surface area (Å²) in [5, 5.41) is 4.78. The van der Waals surface area contributed by atoms with E-state index in [2.05, 4.69) is 5.10 Å². The van der Waals surface area contributed by atoms with Gasteiger partial charge in [0.15, 0.2) is 0 Å². The molecule has 2 aromatic rings. The Labute approximate surface area is 116 Å². The summed E-state index contributed by atoms with van der Waals surface area (Å²) in [6, 6.07) is 8.94. The number of para-hydroxylation sites is 1. The molecule has 0 aliphatic carbocycles. The molecule has 0 spiro atoms. The molecule has 1 heterocycles. The fourth-order valence-corrected chi connectivity index (χ4v) is 2.40. The van der Waals surface area contributed by atoms with Crippen molar-refractivity contribution in [2.45, 2.75) is 19.4 Å². The number of amides is 1. The number of hydrogen-bond acceptors (Lipinski definition) is 3. The summed E-state index contributed by atoms with van der Waals surface area (Å²) in [4.78, 5) is 11.0. The Bertz CT molecular complexity index is 594. The van der Waals surface area contributed by atoms with Crippen molar-refractivity contribution in [2.24, 2.45) is 11.5 Å². The molecule has 0 radical (unpaired) electrons. The van der Waals surface area contributed by atoms with E-state index in [1.54, 1.807) is 4.68 Å². The monoisotopic (exact) mass is 278 g/mol. The van der Waals surface area contributed by atoms with Crippen LogP contribution >= 0.6 is 11.6 Å². The molecule has 19 heavy (non-hydrogen) atoms. The van der Waals surface area contributed by atoms with E-state index in [1.807, 2.05) is 37.3 Å². The van der Waals surface area contributed by atoms with Gasteiger partial charge in [0.25, 0.3) is 0 Å². The topological polar surface area (TPSA) is 86.9 Å². The van der Waals surface area contributed by atoms with Crippen LogP contribution in [-0.4, -0.2) is 15.7 Å². The minimum Gasteiger partial charge on any atom is -0.370 e. The quantitative estimate of drug-likeness (QED) is 0.892. The van der Waals surface area contributed by atoms with E-state index in [0.29, 0.717) is 16.4 Å². The number of carbonyl (C=O) groups excluding carboxylic acids is 1. The zero-order chi connectivity index (χ0) is 14.0. The van der Waals surface area contributed by atoms with E-state index in [-0.39, 0.29) is 6.42 Å². The highest BCUT2D eigenvalue weighted by atomic mass is 35.5. The van der Waals surface area contributed by atoms with Gasteiger partial charge in [-0.05, 0) is 19.1 Å². The third kappa shape index (κ3) is 2.77. The minimum atomic E-state index is -0.539. The lowest BCUT2D eigenvalue weighted by Crippen LogP contribution is -2.21. The molecule has 2 rings (SSSR count). The van der Waals surface area contributed by atoms with Crippen molar-refractivity contribution in [2.75, 3.05) is 0 Å². The zero-order valence-electron chi connectivity index (χ0n) is 10.5. The predicted molar refractivity (Wildman–Crippen MR) is 74.1 cm³/mol. The van der Waals surface area contributed by atoms with E-state index in [9.17, 15) is 4.79 Å². The largest absolute Gasteiger partial charge is 0.370 e. The molecule has 6 heteroatoms. The Kier molecular flexibility index (Phi) is 3.87. The number of primary amides is 1. The summed E-state index contributed by atoms with van der Waals surface area (Å²) in [7, 11) is 0. The number of aryl methyl sites for hydroxylation is 1. The number of halogens is 1. The maximum atomic E-state index is 11.0. The first kappa shape index (κ1) is 13.6. The van der Waals surface area contributed by atoms with Gasteiger partial charge in [-0.15, -0.1) is 0 Å². The molecule has 1 aromatic carbocycles. The summed E-state index contributed by atoms with van der Waals surface area (Å²) in [5.74, 6) is -0.463. The lowest BCUT2D eigenvalue weighted by Gasteiger charge is -2.09. The van der Waals surface area contributed by atoms with E-state index in [1.165, 1.54) is 0 Å². The molecule has 5 nitrogen and oxygen atoms in total. The maximum absolute atomic E-state index is 11.0. The lowest BCUT2D eigenvalue weighted by molar-refractivity contribution is -0.118. The molecule has 1 atom stereocenters. The molecule has 0 bridgehead atoms. The normalized spacial score (nSPS) is 12.4. The first-order valence-corrected chi connectivity index (χ1v) is 6.23. The molecule has 4 N–H and O–H groups in total. The van der Waals surface area contributed by atoms with Crippen LogP contribution < -0.4 is 11.5 Å². The Morgan fingerprint density at radius 2 is 2.05 bits per heavy atom. The summed E-state index contributed by atoms with van der Waals surface area (Å²) in [6.07, 6.45) is 0.0427. The lowest BCUT2D eigenvalue weighted by atomic mass is 10.1. The number of aromatic nitrogens is 2. The van der Waals surface area contributed by atoms with E-state index < -0.39 is 11.9 Å². The van der Waals surface area contributed by atoms with E-state index in [4.69, 9.17) is 23.1 Å². The van der Waals surface area contributed by atoms with Crippen LogP contribution in [0, 0.1) is 6.92 Å². The molecule has 1 aromatic heterocycles.